The van der Waals surface area contributed by atoms with Crippen LogP contribution in [0, 0.1) is 23.2 Å². The zero-order valence-corrected chi connectivity index (χ0v) is 21.5. The lowest BCUT2D eigenvalue weighted by atomic mass is 9.59. The Kier molecular flexibility index (Phi) is 7.66. The number of hydrogen-bond acceptors (Lipinski definition) is 2. The first-order valence-electron chi connectivity index (χ1n) is 11.4. The molecule has 0 saturated heterocycles. The summed E-state index contributed by atoms with van der Waals surface area (Å²) in [6.07, 6.45) is 9.06. The summed E-state index contributed by atoms with van der Waals surface area (Å²) in [5, 5.41) is 0.211. The predicted molar refractivity (Wildman–Crippen MR) is 130 cm³/mol. The highest BCUT2D eigenvalue weighted by Crippen LogP contribution is 2.52. The highest BCUT2D eigenvalue weighted by atomic mass is 28.4. The van der Waals surface area contributed by atoms with E-state index in [1.54, 1.807) is 0 Å². The molecule has 1 heterocycles. The van der Waals surface area contributed by atoms with Crippen LogP contribution in [0.15, 0.2) is 28.0 Å². The Morgan fingerprint density at radius 3 is 2.55 bits per heavy atom. The van der Waals surface area contributed by atoms with Crippen molar-refractivity contribution in [3.8, 4) is 11.8 Å². The second-order valence-electron chi connectivity index (χ2n) is 10.7. The van der Waals surface area contributed by atoms with Crippen LogP contribution in [0.4, 0.5) is 0 Å². The molecule has 0 saturated carbocycles. The zero-order chi connectivity index (χ0) is 21.9. The average molecular weight is 414 g/mol. The Morgan fingerprint density at radius 1 is 1.28 bits per heavy atom. The SMILES string of the molecule is CC#C[C@H]1C(C)=C(O[Si](C)(C)C(C)(C)C)CC[C@@]12CCCN=C2CCC=C(C)C. The Balaban J connectivity index is 2.41. The van der Waals surface area contributed by atoms with Gasteiger partial charge in [0, 0.05) is 24.1 Å². The molecule has 0 unspecified atom stereocenters. The second kappa shape index (κ2) is 9.25. The Hall–Kier alpha value is -1.27. The minimum Gasteiger partial charge on any atom is -0.547 e. The van der Waals surface area contributed by atoms with Crippen molar-refractivity contribution in [3.05, 3.63) is 23.0 Å². The van der Waals surface area contributed by atoms with Crippen LogP contribution in [-0.2, 0) is 4.43 Å². The van der Waals surface area contributed by atoms with Gasteiger partial charge in [-0.25, -0.2) is 0 Å². The maximum atomic E-state index is 6.82. The van der Waals surface area contributed by atoms with Crippen LogP contribution in [0.1, 0.15) is 87.0 Å². The van der Waals surface area contributed by atoms with Crippen LogP contribution in [-0.4, -0.2) is 20.6 Å². The highest BCUT2D eigenvalue weighted by molar-refractivity contribution is 6.74. The molecular formula is C26H43NOSi. The largest absolute Gasteiger partial charge is 0.547 e. The first-order valence-corrected chi connectivity index (χ1v) is 14.3. The van der Waals surface area contributed by atoms with Gasteiger partial charge in [-0.2, -0.15) is 0 Å². The zero-order valence-electron chi connectivity index (χ0n) is 20.5. The monoisotopic (exact) mass is 413 g/mol. The Morgan fingerprint density at radius 2 is 1.97 bits per heavy atom. The molecule has 3 heteroatoms. The third kappa shape index (κ3) is 5.26. The van der Waals surface area contributed by atoms with Crippen LogP contribution in [0.25, 0.3) is 0 Å². The molecule has 29 heavy (non-hydrogen) atoms. The van der Waals surface area contributed by atoms with E-state index in [0.29, 0.717) is 0 Å². The van der Waals surface area contributed by atoms with Gasteiger partial charge in [-0.15, -0.1) is 5.92 Å². The summed E-state index contributed by atoms with van der Waals surface area (Å²) < 4.78 is 6.82. The van der Waals surface area contributed by atoms with E-state index in [2.05, 4.69) is 72.6 Å². The highest BCUT2D eigenvalue weighted by Gasteiger charge is 2.48. The molecule has 0 amide bonds. The van der Waals surface area contributed by atoms with E-state index < -0.39 is 8.32 Å². The van der Waals surface area contributed by atoms with Crippen LogP contribution >= 0.6 is 0 Å². The minimum atomic E-state index is -1.84. The van der Waals surface area contributed by atoms with Crippen molar-refractivity contribution < 1.29 is 4.43 Å². The van der Waals surface area contributed by atoms with Crippen LogP contribution in [0.2, 0.25) is 18.1 Å². The molecule has 2 aliphatic rings. The van der Waals surface area contributed by atoms with Crippen molar-refractivity contribution in [1.82, 2.24) is 0 Å². The van der Waals surface area contributed by atoms with Crippen molar-refractivity contribution >= 4 is 14.0 Å². The number of rotatable bonds is 5. The van der Waals surface area contributed by atoms with Crippen molar-refractivity contribution in [2.24, 2.45) is 16.3 Å². The van der Waals surface area contributed by atoms with E-state index in [9.17, 15) is 0 Å². The smallest absolute Gasteiger partial charge is 0.250 e. The van der Waals surface area contributed by atoms with Gasteiger partial charge in [0.1, 0.15) is 0 Å². The molecular weight excluding hydrogens is 370 g/mol. The maximum absolute atomic E-state index is 6.82. The second-order valence-corrected chi connectivity index (χ2v) is 15.4. The summed E-state index contributed by atoms with van der Waals surface area (Å²) in [7, 11) is -1.84. The van der Waals surface area contributed by atoms with Gasteiger partial charge in [0.05, 0.1) is 11.7 Å². The van der Waals surface area contributed by atoms with Gasteiger partial charge >= 0.3 is 0 Å². The topological polar surface area (TPSA) is 21.6 Å². The molecule has 2 rings (SSSR count). The van der Waals surface area contributed by atoms with Crippen molar-refractivity contribution in [2.45, 2.75) is 105 Å². The predicted octanol–water partition coefficient (Wildman–Crippen LogP) is 7.68. The summed E-state index contributed by atoms with van der Waals surface area (Å²) in [6, 6.07) is 0. The molecule has 0 radical (unpaired) electrons. The number of allylic oxidation sites excluding steroid dienone is 4. The van der Waals surface area contributed by atoms with Crippen molar-refractivity contribution in [3.63, 3.8) is 0 Å². The summed E-state index contributed by atoms with van der Waals surface area (Å²) in [5.41, 5.74) is 4.29. The molecule has 1 aliphatic heterocycles. The van der Waals surface area contributed by atoms with Gasteiger partial charge in [-0.1, -0.05) is 38.3 Å². The fourth-order valence-corrected chi connectivity index (χ4v) is 5.74. The molecule has 162 valence electrons. The quantitative estimate of drug-likeness (QED) is 0.257. The fraction of sp³-hybridized carbons (Fsp3) is 0.731. The molecule has 1 aliphatic carbocycles. The van der Waals surface area contributed by atoms with Crippen molar-refractivity contribution in [1.29, 1.82) is 0 Å². The molecule has 2 atom stereocenters. The lowest BCUT2D eigenvalue weighted by Crippen LogP contribution is -2.46. The van der Waals surface area contributed by atoms with Gasteiger partial charge in [0.15, 0.2) is 0 Å². The summed E-state index contributed by atoms with van der Waals surface area (Å²) in [4.78, 5) is 5.07. The molecule has 1 spiro atoms. The van der Waals surface area contributed by atoms with E-state index >= 15 is 0 Å². The van der Waals surface area contributed by atoms with Crippen LogP contribution < -0.4 is 0 Å². The molecule has 0 N–H and O–H groups in total. The molecule has 2 nitrogen and oxygen atoms in total. The normalized spacial score (nSPS) is 25.3. The van der Waals surface area contributed by atoms with E-state index in [4.69, 9.17) is 9.42 Å². The minimum absolute atomic E-state index is 0.112. The average Bonchev–Trinajstić information content (AvgIpc) is 2.61. The van der Waals surface area contributed by atoms with E-state index in [1.165, 1.54) is 35.5 Å². The number of hydrogen-bond donors (Lipinski definition) is 0. The summed E-state index contributed by atoms with van der Waals surface area (Å²) in [6.45, 7) is 21.3. The summed E-state index contributed by atoms with van der Waals surface area (Å²) in [5.74, 6) is 8.33. The van der Waals surface area contributed by atoms with Crippen molar-refractivity contribution in [2.75, 3.05) is 6.54 Å². The molecule has 0 bridgehead atoms. The van der Waals surface area contributed by atoms with E-state index in [-0.39, 0.29) is 16.4 Å². The Labute approximate surface area is 181 Å². The summed E-state index contributed by atoms with van der Waals surface area (Å²) >= 11 is 0. The van der Waals surface area contributed by atoms with Gasteiger partial charge in [0.2, 0.25) is 8.32 Å². The van der Waals surface area contributed by atoms with Gasteiger partial charge in [0.25, 0.3) is 0 Å². The Bertz CT molecular complexity index is 750. The maximum Gasteiger partial charge on any atom is 0.250 e. The third-order valence-corrected chi connectivity index (χ3v) is 11.7. The molecule has 0 fully saturated rings. The van der Waals surface area contributed by atoms with Gasteiger partial charge in [-0.05, 0) is 83.5 Å². The molecule has 0 aromatic carbocycles. The van der Waals surface area contributed by atoms with E-state index in [1.807, 2.05) is 6.92 Å². The lowest BCUT2D eigenvalue weighted by Gasteiger charge is -2.48. The first kappa shape index (κ1) is 24.0. The third-order valence-electron chi connectivity index (χ3n) is 7.29. The van der Waals surface area contributed by atoms with Crippen LogP contribution in [0.5, 0.6) is 0 Å². The van der Waals surface area contributed by atoms with Gasteiger partial charge in [-0.3, -0.25) is 4.99 Å². The van der Waals surface area contributed by atoms with Gasteiger partial charge < -0.3 is 4.43 Å². The lowest BCUT2D eigenvalue weighted by molar-refractivity contribution is 0.223. The first-order chi connectivity index (χ1) is 13.4. The van der Waals surface area contributed by atoms with E-state index in [0.717, 1.165) is 32.2 Å². The molecule has 0 aromatic rings. The standard InChI is InChI=1S/C26H43NOSi/c1-10-13-22-21(4)23(28-29(8,9)25(5,6)7)16-18-26(22)17-12-19-27-24(26)15-11-14-20(2)3/h14,22H,11-12,15-19H2,1-9H3/t22-,26-/m0/s1. The van der Waals surface area contributed by atoms with Crippen LogP contribution in [0.3, 0.4) is 0 Å². The number of nitrogens with zero attached hydrogens (tertiary/aromatic N) is 1. The molecule has 0 aromatic heterocycles. The number of aliphatic imine (C=N–C) groups is 1. The fourth-order valence-electron chi connectivity index (χ4n) is 4.55.